The fourth-order valence-corrected chi connectivity index (χ4v) is 3.36. The molecule has 0 radical (unpaired) electrons. The van der Waals surface area contributed by atoms with Crippen molar-refractivity contribution in [2.24, 2.45) is 16.1 Å². The van der Waals surface area contributed by atoms with E-state index < -0.39 is 0 Å². The molecular formula is C17H25N3O. The highest BCUT2D eigenvalue weighted by atomic mass is 16.5. The van der Waals surface area contributed by atoms with Crippen LogP contribution in [0.4, 0.5) is 5.69 Å². The normalized spacial score (nSPS) is 23.6. The van der Waals surface area contributed by atoms with E-state index in [4.69, 9.17) is 10.5 Å². The fourth-order valence-electron chi connectivity index (χ4n) is 3.36. The number of aliphatic imine (C=N–C) groups is 1. The first-order valence-electron chi connectivity index (χ1n) is 7.94. The molecule has 1 aromatic rings. The maximum Gasteiger partial charge on any atom is 0.193 e. The Morgan fingerprint density at radius 2 is 1.95 bits per heavy atom. The number of ether oxygens (including phenoxy) is 1. The van der Waals surface area contributed by atoms with Gasteiger partial charge in [0.2, 0.25) is 0 Å². The van der Waals surface area contributed by atoms with Gasteiger partial charge >= 0.3 is 0 Å². The minimum Gasteiger partial charge on any atom is -0.491 e. The van der Waals surface area contributed by atoms with Gasteiger partial charge in [0.1, 0.15) is 5.75 Å². The molecule has 4 nitrogen and oxygen atoms in total. The van der Waals surface area contributed by atoms with Gasteiger partial charge in [-0.1, -0.05) is 12.8 Å². The standard InChI is InChI=1S/C17H25N3O/c1-12(2)21-14-7-5-13(6-8-14)19-16(18)20-15-11-17(15)9-3-4-10-17/h5-8,12,15H,3-4,9-11H2,1-2H3,(H3,18,19,20). The Kier molecular flexibility index (Phi) is 3.79. The van der Waals surface area contributed by atoms with E-state index in [1.807, 2.05) is 38.1 Å². The largest absolute Gasteiger partial charge is 0.491 e. The van der Waals surface area contributed by atoms with Gasteiger partial charge < -0.3 is 15.8 Å². The molecule has 0 bridgehead atoms. The summed E-state index contributed by atoms with van der Waals surface area (Å²) in [6, 6.07) is 8.28. The summed E-state index contributed by atoms with van der Waals surface area (Å²) >= 11 is 0. The maximum atomic E-state index is 6.02. The molecule has 2 aliphatic carbocycles. The molecule has 3 rings (SSSR count). The summed E-state index contributed by atoms with van der Waals surface area (Å²) in [5, 5.41) is 3.17. The molecule has 0 aliphatic heterocycles. The van der Waals surface area contributed by atoms with Crippen LogP contribution in [0.15, 0.2) is 29.3 Å². The van der Waals surface area contributed by atoms with Crippen molar-refractivity contribution in [2.45, 2.75) is 58.1 Å². The number of hydrogen-bond donors (Lipinski definition) is 2. The van der Waals surface area contributed by atoms with Crippen molar-refractivity contribution < 1.29 is 4.74 Å². The van der Waals surface area contributed by atoms with E-state index in [-0.39, 0.29) is 6.10 Å². The fraction of sp³-hybridized carbons (Fsp3) is 0.588. The number of benzene rings is 1. The van der Waals surface area contributed by atoms with Crippen LogP contribution in [0.2, 0.25) is 0 Å². The van der Waals surface area contributed by atoms with Gasteiger partial charge in [-0.05, 0) is 62.8 Å². The van der Waals surface area contributed by atoms with Crippen molar-refractivity contribution in [3.8, 4) is 5.75 Å². The van der Waals surface area contributed by atoms with Crippen molar-refractivity contribution in [2.75, 3.05) is 5.32 Å². The van der Waals surface area contributed by atoms with Crippen LogP contribution in [0.25, 0.3) is 0 Å². The summed E-state index contributed by atoms with van der Waals surface area (Å²) in [5.41, 5.74) is 7.48. The SMILES string of the molecule is CC(C)Oc1ccc(NC(N)=NC2CC23CCCC3)cc1. The van der Waals surface area contributed by atoms with E-state index in [1.54, 1.807) is 0 Å². The van der Waals surface area contributed by atoms with Gasteiger partial charge in [0.05, 0.1) is 12.1 Å². The highest BCUT2D eigenvalue weighted by Gasteiger charge is 2.55. The predicted molar refractivity (Wildman–Crippen MR) is 86.8 cm³/mol. The van der Waals surface area contributed by atoms with Gasteiger partial charge in [0.25, 0.3) is 0 Å². The zero-order valence-corrected chi connectivity index (χ0v) is 12.9. The van der Waals surface area contributed by atoms with E-state index >= 15 is 0 Å². The monoisotopic (exact) mass is 287 g/mol. The van der Waals surface area contributed by atoms with Crippen molar-refractivity contribution >= 4 is 11.6 Å². The van der Waals surface area contributed by atoms with E-state index in [9.17, 15) is 0 Å². The maximum absolute atomic E-state index is 6.02. The molecule has 0 amide bonds. The number of hydrogen-bond acceptors (Lipinski definition) is 2. The highest BCUT2D eigenvalue weighted by Crippen LogP contribution is 2.59. The van der Waals surface area contributed by atoms with Crippen LogP contribution in [-0.2, 0) is 0 Å². The topological polar surface area (TPSA) is 59.6 Å². The number of nitrogens with two attached hydrogens (primary N) is 1. The van der Waals surface area contributed by atoms with Gasteiger partial charge in [-0.25, -0.2) is 4.99 Å². The second-order valence-corrected chi connectivity index (χ2v) is 6.62. The summed E-state index contributed by atoms with van der Waals surface area (Å²) in [6.07, 6.45) is 6.78. The molecular weight excluding hydrogens is 262 g/mol. The third kappa shape index (κ3) is 3.31. The predicted octanol–water partition coefficient (Wildman–Crippen LogP) is 3.53. The molecule has 1 unspecified atom stereocenters. The second kappa shape index (κ2) is 5.58. The van der Waals surface area contributed by atoms with Crippen LogP contribution in [-0.4, -0.2) is 18.1 Å². The van der Waals surface area contributed by atoms with Gasteiger partial charge in [0.15, 0.2) is 5.96 Å². The zero-order chi connectivity index (χ0) is 14.9. The Labute approximate surface area is 126 Å². The third-order valence-electron chi connectivity index (χ3n) is 4.54. The van der Waals surface area contributed by atoms with Gasteiger partial charge in [-0.15, -0.1) is 0 Å². The summed E-state index contributed by atoms with van der Waals surface area (Å²) < 4.78 is 5.62. The number of anilines is 1. The van der Waals surface area contributed by atoms with Crippen LogP contribution >= 0.6 is 0 Å². The van der Waals surface area contributed by atoms with Gasteiger partial charge in [-0.2, -0.15) is 0 Å². The molecule has 1 atom stereocenters. The Morgan fingerprint density at radius 1 is 1.29 bits per heavy atom. The van der Waals surface area contributed by atoms with Crippen LogP contribution in [0.5, 0.6) is 5.75 Å². The van der Waals surface area contributed by atoms with E-state index in [0.29, 0.717) is 17.4 Å². The van der Waals surface area contributed by atoms with E-state index in [1.165, 1.54) is 32.1 Å². The smallest absolute Gasteiger partial charge is 0.193 e. The average molecular weight is 287 g/mol. The van der Waals surface area contributed by atoms with Crippen molar-refractivity contribution in [3.05, 3.63) is 24.3 Å². The Morgan fingerprint density at radius 3 is 2.57 bits per heavy atom. The molecule has 21 heavy (non-hydrogen) atoms. The molecule has 2 aliphatic rings. The van der Waals surface area contributed by atoms with E-state index in [0.717, 1.165) is 11.4 Å². The minimum atomic E-state index is 0.188. The van der Waals surface area contributed by atoms with Crippen molar-refractivity contribution in [1.29, 1.82) is 0 Å². The molecule has 4 heteroatoms. The van der Waals surface area contributed by atoms with Crippen LogP contribution < -0.4 is 15.8 Å². The van der Waals surface area contributed by atoms with E-state index in [2.05, 4.69) is 10.3 Å². The van der Waals surface area contributed by atoms with Crippen LogP contribution in [0.3, 0.4) is 0 Å². The average Bonchev–Trinajstić information content (AvgIpc) is 2.86. The lowest BCUT2D eigenvalue weighted by molar-refractivity contribution is 0.242. The third-order valence-corrected chi connectivity index (χ3v) is 4.54. The van der Waals surface area contributed by atoms with Gasteiger partial charge in [0, 0.05) is 5.69 Å². The number of rotatable bonds is 4. The molecule has 1 spiro atoms. The van der Waals surface area contributed by atoms with Crippen molar-refractivity contribution in [1.82, 2.24) is 0 Å². The molecule has 2 saturated carbocycles. The minimum absolute atomic E-state index is 0.188. The summed E-state index contributed by atoms with van der Waals surface area (Å²) in [4.78, 5) is 4.64. The lowest BCUT2D eigenvalue weighted by Gasteiger charge is -2.11. The number of nitrogens with zero attached hydrogens (tertiary/aromatic N) is 1. The Bertz CT molecular complexity index is 515. The molecule has 0 aromatic heterocycles. The van der Waals surface area contributed by atoms with Crippen LogP contribution in [0, 0.1) is 5.41 Å². The Hall–Kier alpha value is -1.71. The quantitative estimate of drug-likeness (QED) is 0.658. The van der Waals surface area contributed by atoms with Crippen LogP contribution in [0.1, 0.15) is 46.0 Å². The lowest BCUT2D eigenvalue weighted by Crippen LogP contribution is -2.23. The summed E-state index contributed by atoms with van der Waals surface area (Å²) in [6.45, 7) is 4.04. The number of guanidine groups is 1. The molecule has 0 saturated heterocycles. The lowest BCUT2D eigenvalue weighted by atomic mass is 10.1. The zero-order valence-electron chi connectivity index (χ0n) is 12.9. The molecule has 2 fully saturated rings. The molecule has 1 aromatic carbocycles. The second-order valence-electron chi connectivity index (χ2n) is 6.62. The molecule has 114 valence electrons. The Balaban J connectivity index is 1.56. The highest BCUT2D eigenvalue weighted by molar-refractivity contribution is 5.92. The first kappa shape index (κ1) is 14.2. The van der Waals surface area contributed by atoms with Gasteiger partial charge in [-0.3, -0.25) is 0 Å². The molecule has 0 heterocycles. The first-order valence-corrected chi connectivity index (χ1v) is 7.94. The summed E-state index contributed by atoms with van der Waals surface area (Å²) in [5.74, 6) is 1.40. The first-order chi connectivity index (χ1) is 10.1. The van der Waals surface area contributed by atoms with Crippen molar-refractivity contribution in [3.63, 3.8) is 0 Å². The number of nitrogens with one attached hydrogen (secondary N) is 1. The summed E-state index contributed by atoms with van der Waals surface area (Å²) in [7, 11) is 0. The molecule has 3 N–H and O–H groups in total.